The molecule has 2 aliphatic rings. The van der Waals surface area contributed by atoms with E-state index in [1.165, 1.54) is 6.08 Å². The van der Waals surface area contributed by atoms with Crippen molar-refractivity contribution in [3.05, 3.63) is 27.7 Å². The number of nitrogens with one attached hydrogen (secondary N) is 1. The van der Waals surface area contributed by atoms with Crippen LogP contribution in [0.4, 0.5) is 0 Å². The molecule has 0 bridgehead atoms. The summed E-state index contributed by atoms with van der Waals surface area (Å²) < 4.78 is 16.8. The summed E-state index contributed by atoms with van der Waals surface area (Å²) in [6, 6.07) is 5.44. The van der Waals surface area contributed by atoms with Gasteiger partial charge in [-0.3, -0.25) is 4.79 Å². The molecule has 3 rings (SSSR count). The number of fused-ring (bicyclic) bond motifs is 1. The number of amides is 1. The summed E-state index contributed by atoms with van der Waals surface area (Å²) in [6.07, 6.45) is 3.50. The molecule has 120 valence electrons. The fourth-order valence-electron chi connectivity index (χ4n) is 2.49. The van der Waals surface area contributed by atoms with Crippen LogP contribution in [-0.4, -0.2) is 32.0 Å². The second-order valence-corrected chi connectivity index (χ2v) is 6.11. The van der Waals surface area contributed by atoms with Crippen LogP contribution in [0.3, 0.4) is 0 Å². The molecule has 1 amide bonds. The van der Waals surface area contributed by atoms with Crippen molar-refractivity contribution in [1.82, 2.24) is 5.32 Å². The first-order valence-corrected chi connectivity index (χ1v) is 8.07. The first-order valence-electron chi connectivity index (χ1n) is 7.28. The number of carbonyl (C=O) groups is 1. The largest absolute Gasteiger partial charge is 0.454 e. The highest BCUT2D eigenvalue weighted by Gasteiger charge is 2.20. The van der Waals surface area contributed by atoms with Crippen LogP contribution in [0, 0.1) is 11.3 Å². The Kier molecular flexibility index (Phi) is 4.84. The highest BCUT2D eigenvalue weighted by molar-refractivity contribution is 9.10. The maximum absolute atomic E-state index is 12.1. The lowest BCUT2D eigenvalue weighted by Gasteiger charge is -2.10. The molecule has 1 N–H and O–H groups in total. The molecule has 1 aromatic carbocycles. The number of hydrogen-bond acceptors (Lipinski definition) is 5. The van der Waals surface area contributed by atoms with Crippen molar-refractivity contribution in [1.29, 1.82) is 5.26 Å². The molecule has 0 aromatic heterocycles. The first kappa shape index (κ1) is 15.8. The van der Waals surface area contributed by atoms with Gasteiger partial charge in [0.15, 0.2) is 11.5 Å². The van der Waals surface area contributed by atoms with Crippen molar-refractivity contribution in [3.8, 4) is 17.6 Å². The van der Waals surface area contributed by atoms with Crippen molar-refractivity contribution < 1.29 is 19.0 Å². The van der Waals surface area contributed by atoms with E-state index in [0.717, 1.165) is 23.9 Å². The van der Waals surface area contributed by atoms with Crippen LogP contribution in [0.2, 0.25) is 0 Å². The van der Waals surface area contributed by atoms with Gasteiger partial charge < -0.3 is 19.5 Å². The molecule has 0 spiro atoms. The van der Waals surface area contributed by atoms with E-state index in [1.807, 2.05) is 6.07 Å². The third kappa shape index (κ3) is 3.66. The van der Waals surface area contributed by atoms with Crippen molar-refractivity contribution >= 4 is 27.9 Å². The Labute approximate surface area is 142 Å². The van der Waals surface area contributed by atoms with Gasteiger partial charge in [0, 0.05) is 13.2 Å². The minimum Gasteiger partial charge on any atom is -0.454 e. The zero-order valence-corrected chi connectivity index (χ0v) is 13.9. The predicted octanol–water partition coefficient (Wildman–Crippen LogP) is 2.38. The molecule has 1 fully saturated rings. The SMILES string of the molecule is N#C/C(=C/c1cc(Br)c2c(c1)OCO2)C(=O)NCC1CCCO1. The Morgan fingerprint density at radius 3 is 3.09 bits per heavy atom. The number of ether oxygens (including phenoxy) is 3. The number of halogens is 1. The minimum absolute atomic E-state index is 0.0359. The highest BCUT2D eigenvalue weighted by Crippen LogP contribution is 2.40. The second kappa shape index (κ2) is 7.02. The third-order valence-electron chi connectivity index (χ3n) is 3.64. The first-order chi connectivity index (χ1) is 11.2. The lowest BCUT2D eigenvalue weighted by atomic mass is 10.1. The third-order valence-corrected chi connectivity index (χ3v) is 4.23. The molecule has 6 nitrogen and oxygen atoms in total. The van der Waals surface area contributed by atoms with Crippen molar-refractivity contribution in [2.24, 2.45) is 0 Å². The summed E-state index contributed by atoms with van der Waals surface area (Å²) in [7, 11) is 0. The van der Waals surface area contributed by atoms with Gasteiger partial charge in [0.1, 0.15) is 11.6 Å². The minimum atomic E-state index is -0.406. The van der Waals surface area contributed by atoms with Gasteiger partial charge in [-0.2, -0.15) is 5.26 Å². The van der Waals surface area contributed by atoms with Crippen molar-refractivity contribution in [3.63, 3.8) is 0 Å². The fraction of sp³-hybridized carbons (Fsp3) is 0.375. The van der Waals surface area contributed by atoms with E-state index < -0.39 is 5.91 Å². The molecule has 1 saturated heterocycles. The summed E-state index contributed by atoms with van der Waals surface area (Å²) in [5, 5.41) is 12.0. The van der Waals surface area contributed by atoms with E-state index in [-0.39, 0.29) is 18.5 Å². The van der Waals surface area contributed by atoms with Gasteiger partial charge in [-0.25, -0.2) is 0 Å². The Bertz CT molecular complexity index is 690. The van der Waals surface area contributed by atoms with Crippen LogP contribution in [-0.2, 0) is 9.53 Å². The number of hydrogen-bond donors (Lipinski definition) is 1. The summed E-state index contributed by atoms with van der Waals surface area (Å²) in [4.78, 5) is 12.1. The van der Waals surface area contributed by atoms with Crippen LogP contribution in [0.15, 0.2) is 22.2 Å². The van der Waals surface area contributed by atoms with Gasteiger partial charge in [-0.15, -0.1) is 0 Å². The van der Waals surface area contributed by atoms with Crippen molar-refractivity contribution in [2.75, 3.05) is 19.9 Å². The van der Waals surface area contributed by atoms with Crippen LogP contribution in [0.25, 0.3) is 6.08 Å². The topological polar surface area (TPSA) is 80.6 Å². The summed E-state index contributed by atoms with van der Waals surface area (Å²) >= 11 is 3.39. The zero-order chi connectivity index (χ0) is 16.2. The number of nitriles is 1. The van der Waals surface area contributed by atoms with Crippen LogP contribution >= 0.6 is 15.9 Å². The maximum Gasteiger partial charge on any atom is 0.262 e. The molecular weight excluding hydrogens is 364 g/mol. The van der Waals surface area contributed by atoms with E-state index in [4.69, 9.17) is 14.2 Å². The predicted molar refractivity (Wildman–Crippen MR) is 85.8 cm³/mol. The number of rotatable bonds is 4. The van der Waals surface area contributed by atoms with Gasteiger partial charge in [0.2, 0.25) is 6.79 Å². The molecule has 1 unspecified atom stereocenters. The lowest BCUT2D eigenvalue weighted by molar-refractivity contribution is -0.117. The van der Waals surface area contributed by atoms with E-state index in [2.05, 4.69) is 21.2 Å². The van der Waals surface area contributed by atoms with Crippen LogP contribution in [0.1, 0.15) is 18.4 Å². The number of nitrogens with zero attached hydrogens (tertiary/aromatic N) is 1. The van der Waals surface area contributed by atoms with Gasteiger partial charge in [-0.1, -0.05) is 0 Å². The molecule has 0 radical (unpaired) electrons. The standard InChI is InChI=1S/C16H15BrN2O4/c17-13-5-10(6-14-15(13)23-9-22-14)4-11(7-18)16(20)19-8-12-2-1-3-21-12/h4-6,12H,1-3,8-9H2,(H,19,20)/b11-4-. The molecule has 2 heterocycles. The molecule has 1 atom stereocenters. The number of carbonyl (C=O) groups excluding carboxylic acids is 1. The monoisotopic (exact) mass is 378 g/mol. The molecule has 23 heavy (non-hydrogen) atoms. The van der Waals surface area contributed by atoms with Crippen LogP contribution < -0.4 is 14.8 Å². The zero-order valence-electron chi connectivity index (χ0n) is 12.3. The summed E-state index contributed by atoms with van der Waals surface area (Å²) in [5.41, 5.74) is 0.721. The molecule has 2 aliphatic heterocycles. The Balaban J connectivity index is 1.72. The normalized spacial score (nSPS) is 19.5. The van der Waals surface area contributed by atoms with Gasteiger partial charge in [0.05, 0.1) is 10.6 Å². The van der Waals surface area contributed by atoms with E-state index in [9.17, 15) is 10.1 Å². The summed E-state index contributed by atoms with van der Waals surface area (Å²) in [5.74, 6) is 0.808. The smallest absolute Gasteiger partial charge is 0.262 e. The highest BCUT2D eigenvalue weighted by atomic mass is 79.9. The Morgan fingerprint density at radius 1 is 1.48 bits per heavy atom. The van der Waals surface area contributed by atoms with Crippen molar-refractivity contribution in [2.45, 2.75) is 18.9 Å². The van der Waals surface area contributed by atoms with E-state index in [0.29, 0.717) is 23.6 Å². The molecule has 0 aliphatic carbocycles. The average Bonchev–Trinajstić information content (AvgIpc) is 3.21. The number of benzene rings is 1. The molecule has 7 heteroatoms. The van der Waals surface area contributed by atoms with Crippen LogP contribution in [0.5, 0.6) is 11.5 Å². The average molecular weight is 379 g/mol. The molecule has 1 aromatic rings. The lowest BCUT2D eigenvalue weighted by Crippen LogP contribution is -2.32. The van der Waals surface area contributed by atoms with E-state index >= 15 is 0 Å². The Hall–Kier alpha value is -2.04. The van der Waals surface area contributed by atoms with Gasteiger partial charge in [0.25, 0.3) is 5.91 Å². The molecular formula is C16H15BrN2O4. The quantitative estimate of drug-likeness (QED) is 0.642. The maximum atomic E-state index is 12.1. The van der Waals surface area contributed by atoms with Gasteiger partial charge >= 0.3 is 0 Å². The molecule has 0 saturated carbocycles. The summed E-state index contributed by atoms with van der Waals surface area (Å²) in [6.45, 7) is 1.31. The Morgan fingerprint density at radius 2 is 2.35 bits per heavy atom. The fourth-order valence-corrected chi connectivity index (χ4v) is 3.07. The van der Waals surface area contributed by atoms with E-state index in [1.54, 1.807) is 12.1 Å². The second-order valence-electron chi connectivity index (χ2n) is 5.25. The van der Waals surface area contributed by atoms with Gasteiger partial charge in [-0.05, 0) is 52.5 Å².